The van der Waals surface area contributed by atoms with Crippen molar-refractivity contribution in [3.63, 3.8) is 0 Å². The molecule has 0 fully saturated rings. The van der Waals surface area contributed by atoms with E-state index in [0.29, 0.717) is 6.04 Å². The van der Waals surface area contributed by atoms with E-state index in [0.717, 1.165) is 17.9 Å². The van der Waals surface area contributed by atoms with E-state index >= 15 is 0 Å². The van der Waals surface area contributed by atoms with Gasteiger partial charge in [0.15, 0.2) is 0 Å². The van der Waals surface area contributed by atoms with Crippen molar-refractivity contribution < 1.29 is 4.74 Å². The van der Waals surface area contributed by atoms with E-state index in [1.807, 2.05) is 31.3 Å². The zero-order chi connectivity index (χ0) is 14.4. The molecule has 1 atom stereocenters. The van der Waals surface area contributed by atoms with Crippen LogP contribution in [0.1, 0.15) is 24.9 Å². The van der Waals surface area contributed by atoms with E-state index in [-0.39, 0.29) is 0 Å². The Bertz CT molecular complexity index is 535. The van der Waals surface area contributed by atoms with Crippen molar-refractivity contribution >= 4 is 11.8 Å². The van der Waals surface area contributed by atoms with Gasteiger partial charge in [-0.25, -0.2) is 0 Å². The maximum atomic E-state index is 6.04. The number of hydrogen-bond acceptors (Lipinski definition) is 3. The van der Waals surface area contributed by atoms with Gasteiger partial charge in [0.05, 0.1) is 0 Å². The zero-order valence-corrected chi connectivity index (χ0v) is 13.0. The lowest BCUT2D eigenvalue weighted by molar-refractivity contribution is 0.458. The fourth-order valence-corrected chi connectivity index (χ4v) is 2.62. The molecule has 3 heteroatoms. The quantitative estimate of drug-likeness (QED) is 0.766. The van der Waals surface area contributed by atoms with Gasteiger partial charge < -0.3 is 10.1 Å². The summed E-state index contributed by atoms with van der Waals surface area (Å²) < 4.78 is 6.04. The van der Waals surface area contributed by atoms with Gasteiger partial charge in [-0.1, -0.05) is 25.1 Å². The highest BCUT2D eigenvalue weighted by Crippen LogP contribution is 2.31. The minimum absolute atomic E-state index is 0.316. The summed E-state index contributed by atoms with van der Waals surface area (Å²) in [7, 11) is 1.98. The molecule has 2 rings (SSSR count). The summed E-state index contributed by atoms with van der Waals surface area (Å²) in [5, 5.41) is 3.33. The van der Waals surface area contributed by atoms with Crippen molar-refractivity contribution in [2.24, 2.45) is 0 Å². The predicted molar refractivity (Wildman–Crippen MR) is 86.8 cm³/mol. The van der Waals surface area contributed by atoms with Crippen LogP contribution in [0.2, 0.25) is 0 Å². The van der Waals surface area contributed by atoms with Crippen molar-refractivity contribution in [2.45, 2.75) is 24.3 Å². The number of hydrogen-bond donors (Lipinski definition) is 1. The summed E-state index contributed by atoms with van der Waals surface area (Å²) in [5.41, 5.74) is 1.20. The average Bonchev–Trinajstić information content (AvgIpc) is 2.51. The molecule has 1 unspecified atom stereocenters. The molecular weight excluding hydrogens is 266 g/mol. The van der Waals surface area contributed by atoms with Crippen molar-refractivity contribution in [1.29, 1.82) is 0 Å². The first kappa shape index (κ1) is 14.9. The van der Waals surface area contributed by atoms with Crippen molar-refractivity contribution in [3.8, 4) is 11.5 Å². The van der Waals surface area contributed by atoms with Crippen LogP contribution in [-0.2, 0) is 0 Å². The Kier molecular flexibility index (Phi) is 5.50. The average molecular weight is 287 g/mol. The van der Waals surface area contributed by atoms with Crippen LogP contribution >= 0.6 is 11.8 Å². The van der Waals surface area contributed by atoms with Crippen LogP contribution in [-0.4, -0.2) is 13.3 Å². The Labute approximate surface area is 125 Å². The van der Waals surface area contributed by atoms with Gasteiger partial charge in [-0.2, -0.15) is 0 Å². The third-order valence-corrected chi connectivity index (χ3v) is 4.08. The summed E-state index contributed by atoms with van der Waals surface area (Å²) in [5.74, 6) is 1.80. The summed E-state index contributed by atoms with van der Waals surface area (Å²) >= 11 is 1.73. The van der Waals surface area contributed by atoms with Gasteiger partial charge in [0, 0.05) is 16.5 Å². The largest absolute Gasteiger partial charge is 0.457 e. The second kappa shape index (κ2) is 7.36. The van der Waals surface area contributed by atoms with Gasteiger partial charge in [-0.15, -0.1) is 11.8 Å². The van der Waals surface area contributed by atoms with Crippen LogP contribution in [0.3, 0.4) is 0 Å². The van der Waals surface area contributed by atoms with Crippen LogP contribution < -0.4 is 10.1 Å². The van der Waals surface area contributed by atoms with Crippen LogP contribution in [0, 0.1) is 0 Å². The third kappa shape index (κ3) is 3.56. The molecule has 2 nitrogen and oxygen atoms in total. The first-order valence-corrected chi connectivity index (χ1v) is 8.09. The summed E-state index contributed by atoms with van der Waals surface area (Å²) in [6.07, 6.45) is 3.10. The number of thioether (sulfide) groups is 1. The fourth-order valence-electron chi connectivity index (χ4n) is 2.21. The molecule has 2 aromatic rings. The molecule has 0 bridgehead atoms. The van der Waals surface area contributed by atoms with E-state index < -0.39 is 0 Å². The Morgan fingerprint density at radius 3 is 2.40 bits per heavy atom. The molecule has 20 heavy (non-hydrogen) atoms. The molecule has 0 amide bonds. The number of ether oxygens (including phenoxy) is 1. The van der Waals surface area contributed by atoms with Crippen molar-refractivity contribution in [2.75, 3.05) is 13.3 Å². The summed E-state index contributed by atoms with van der Waals surface area (Å²) in [6, 6.07) is 16.7. The third-order valence-electron chi connectivity index (χ3n) is 3.34. The van der Waals surface area contributed by atoms with Gasteiger partial charge in [0.2, 0.25) is 0 Å². The Hall–Kier alpha value is -1.45. The lowest BCUT2D eigenvalue weighted by Gasteiger charge is -2.18. The first-order chi connectivity index (χ1) is 9.78. The molecule has 0 aliphatic carbocycles. The predicted octanol–water partition coefficient (Wildman–Crippen LogP) is 4.87. The Morgan fingerprint density at radius 1 is 1.10 bits per heavy atom. The van der Waals surface area contributed by atoms with Gasteiger partial charge in [0.25, 0.3) is 0 Å². The van der Waals surface area contributed by atoms with E-state index in [9.17, 15) is 0 Å². The number of nitrogens with one attached hydrogen (secondary N) is 1. The van der Waals surface area contributed by atoms with E-state index in [1.165, 1.54) is 10.5 Å². The maximum absolute atomic E-state index is 6.04. The molecule has 106 valence electrons. The minimum Gasteiger partial charge on any atom is -0.457 e. The molecule has 0 aromatic heterocycles. The lowest BCUT2D eigenvalue weighted by Crippen LogP contribution is -2.15. The van der Waals surface area contributed by atoms with Gasteiger partial charge in [-0.3, -0.25) is 0 Å². The highest BCUT2D eigenvalue weighted by molar-refractivity contribution is 7.98. The first-order valence-electron chi connectivity index (χ1n) is 6.86. The second-order valence-electron chi connectivity index (χ2n) is 4.56. The maximum Gasteiger partial charge on any atom is 0.132 e. The van der Waals surface area contributed by atoms with Gasteiger partial charge in [0.1, 0.15) is 11.5 Å². The SMILES string of the molecule is CCC(NC)c1ccccc1Oc1ccc(SC)cc1. The molecular formula is C17H21NOS. The fraction of sp³-hybridized carbons (Fsp3) is 0.294. The van der Waals surface area contributed by atoms with Crippen LogP contribution in [0.25, 0.3) is 0 Å². The molecule has 1 N–H and O–H groups in total. The van der Waals surface area contributed by atoms with Crippen LogP contribution in [0.4, 0.5) is 0 Å². The van der Waals surface area contributed by atoms with E-state index in [2.05, 4.69) is 42.8 Å². The molecule has 0 spiro atoms. The topological polar surface area (TPSA) is 21.3 Å². The normalized spacial score (nSPS) is 12.2. The molecule has 0 radical (unpaired) electrons. The molecule has 0 aliphatic heterocycles. The summed E-state index contributed by atoms with van der Waals surface area (Å²) in [4.78, 5) is 1.24. The molecule has 0 heterocycles. The number of rotatable bonds is 6. The molecule has 2 aromatic carbocycles. The second-order valence-corrected chi connectivity index (χ2v) is 5.44. The van der Waals surface area contributed by atoms with Crippen molar-refractivity contribution in [1.82, 2.24) is 5.32 Å². The Balaban J connectivity index is 2.23. The van der Waals surface area contributed by atoms with Gasteiger partial charge >= 0.3 is 0 Å². The highest BCUT2D eigenvalue weighted by atomic mass is 32.2. The highest BCUT2D eigenvalue weighted by Gasteiger charge is 2.12. The van der Waals surface area contributed by atoms with E-state index in [1.54, 1.807) is 11.8 Å². The molecule has 0 aliphatic rings. The number of para-hydroxylation sites is 1. The Morgan fingerprint density at radius 2 is 1.80 bits per heavy atom. The molecule has 0 saturated carbocycles. The lowest BCUT2D eigenvalue weighted by atomic mass is 10.0. The number of benzene rings is 2. The van der Waals surface area contributed by atoms with Crippen molar-refractivity contribution in [3.05, 3.63) is 54.1 Å². The van der Waals surface area contributed by atoms with Gasteiger partial charge in [-0.05, 0) is 50.1 Å². The van der Waals surface area contributed by atoms with E-state index in [4.69, 9.17) is 4.74 Å². The standard InChI is InChI=1S/C17H21NOS/c1-4-16(18-2)15-7-5-6-8-17(15)19-13-9-11-14(20-3)12-10-13/h5-12,16,18H,4H2,1-3H3. The van der Waals surface area contributed by atoms with Crippen LogP contribution in [0.5, 0.6) is 11.5 Å². The monoisotopic (exact) mass is 287 g/mol. The minimum atomic E-state index is 0.316. The van der Waals surface area contributed by atoms with Crippen LogP contribution in [0.15, 0.2) is 53.4 Å². The summed E-state index contributed by atoms with van der Waals surface area (Å²) in [6.45, 7) is 2.17. The smallest absolute Gasteiger partial charge is 0.132 e. The molecule has 0 saturated heterocycles. The zero-order valence-electron chi connectivity index (χ0n) is 12.2.